The van der Waals surface area contributed by atoms with Crippen molar-refractivity contribution in [2.45, 2.75) is 120 Å². The number of hydrogen-bond acceptors (Lipinski definition) is 4. The second kappa shape index (κ2) is 10.3. The van der Waals surface area contributed by atoms with Crippen molar-refractivity contribution < 1.29 is 19.1 Å². The number of fused-ring (bicyclic) bond motifs is 5. The largest absolute Gasteiger partial charge is 0.465 e. The highest BCUT2D eigenvalue weighted by Crippen LogP contribution is 2.72. The number of rotatable bonds is 7. The van der Waals surface area contributed by atoms with Gasteiger partial charge >= 0.3 is 11.9 Å². The first kappa shape index (κ1) is 29.2. The van der Waals surface area contributed by atoms with Crippen molar-refractivity contribution in [3.8, 4) is 0 Å². The van der Waals surface area contributed by atoms with Crippen LogP contribution in [0, 0.1) is 39.4 Å². The molecule has 0 spiro atoms. The van der Waals surface area contributed by atoms with E-state index in [0.29, 0.717) is 24.4 Å². The molecule has 212 valence electrons. The van der Waals surface area contributed by atoms with Gasteiger partial charge in [0.15, 0.2) is 0 Å². The fraction of sp³-hybridized carbons (Fsp3) is 0.765. The van der Waals surface area contributed by atoms with Gasteiger partial charge in [0.05, 0.1) is 6.61 Å². The normalized spacial score (nSPS) is 37.9. The predicted octanol–water partition coefficient (Wildman–Crippen LogP) is 8.37. The summed E-state index contributed by atoms with van der Waals surface area (Å²) in [7, 11) is 0. The van der Waals surface area contributed by atoms with Crippen LogP contribution in [0.3, 0.4) is 0 Å². The van der Waals surface area contributed by atoms with E-state index in [4.69, 9.17) is 9.47 Å². The topological polar surface area (TPSA) is 52.6 Å². The van der Waals surface area contributed by atoms with Crippen LogP contribution in [-0.4, -0.2) is 24.6 Å². The van der Waals surface area contributed by atoms with Crippen molar-refractivity contribution in [1.29, 1.82) is 0 Å². The van der Waals surface area contributed by atoms with Crippen molar-refractivity contribution in [2.75, 3.05) is 6.61 Å². The smallest absolute Gasteiger partial charge is 0.302 e. The monoisotopic (exact) mass is 524 g/mol. The zero-order valence-corrected chi connectivity index (χ0v) is 25.5. The summed E-state index contributed by atoms with van der Waals surface area (Å²) < 4.78 is 11.7. The molecule has 0 radical (unpaired) electrons. The molecule has 0 saturated heterocycles. The van der Waals surface area contributed by atoms with Crippen molar-refractivity contribution >= 4 is 11.9 Å². The van der Waals surface area contributed by atoms with Crippen molar-refractivity contribution in [3.63, 3.8) is 0 Å². The molecular weight excluding hydrogens is 472 g/mol. The lowest BCUT2D eigenvalue weighted by Gasteiger charge is -2.61. The Bertz CT molecular complexity index is 1040. The van der Waals surface area contributed by atoms with Crippen LogP contribution in [0.5, 0.6) is 0 Å². The third kappa shape index (κ3) is 4.62. The van der Waals surface area contributed by atoms with Gasteiger partial charge in [0.1, 0.15) is 6.10 Å². The number of ether oxygens (including phenoxy) is 2. The fourth-order valence-corrected chi connectivity index (χ4v) is 9.24. The molecule has 0 aromatic carbocycles. The minimum atomic E-state index is -0.182. The second-order valence-corrected chi connectivity index (χ2v) is 14.4. The van der Waals surface area contributed by atoms with Crippen molar-refractivity contribution in [3.05, 3.63) is 34.9 Å². The van der Waals surface area contributed by atoms with Gasteiger partial charge in [-0.1, -0.05) is 65.3 Å². The second-order valence-electron chi connectivity index (χ2n) is 14.4. The Labute approximate surface area is 231 Å². The van der Waals surface area contributed by atoms with Gasteiger partial charge in [0, 0.05) is 30.1 Å². The molecule has 0 aliphatic heterocycles. The Morgan fingerprint density at radius 3 is 2.34 bits per heavy atom. The van der Waals surface area contributed by atoms with Crippen LogP contribution in [0.1, 0.15) is 114 Å². The van der Waals surface area contributed by atoms with Gasteiger partial charge in [0.2, 0.25) is 0 Å². The molecule has 1 unspecified atom stereocenters. The average molecular weight is 525 g/mol. The van der Waals surface area contributed by atoms with Crippen LogP contribution < -0.4 is 0 Å². The van der Waals surface area contributed by atoms with Gasteiger partial charge < -0.3 is 9.47 Å². The maximum absolute atomic E-state index is 12.1. The Balaban J connectivity index is 1.74. The van der Waals surface area contributed by atoms with Gasteiger partial charge in [0.25, 0.3) is 0 Å². The summed E-state index contributed by atoms with van der Waals surface area (Å²) in [6.45, 7) is 20.0. The van der Waals surface area contributed by atoms with E-state index in [0.717, 1.165) is 44.9 Å². The molecule has 2 fully saturated rings. The lowest BCUT2D eigenvalue weighted by molar-refractivity contribution is -0.165. The van der Waals surface area contributed by atoms with E-state index in [2.05, 4.69) is 66.7 Å². The molecule has 4 aliphatic rings. The molecule has 0 heterocycles. The van der Waals surface area contributed by atoms with E-state index in [1.54, 1.807) is 6.92 Å². The molecule has 4 rings (SSSR count). The zero-order chi connectivity index (χ0) is 28.1. The van der Waals surface area contributed by atoms with Gasteiger partial charge in [-0.05, 0) is 92.6 Å². The maximum Gasteiger partial charge on any atom is 0.302 e. The third-order valence-electron chi connectivity index (χ3n) is 11.5. The first-order valence-corrected chi connectivity index (χ1v) is 15.1. The Morgan fingerprint density at radius 1 is 1.00 bits per heavy atom. The summed E-state index contributed by atoms with van der Waals surface area (Å²) in [5.41, 5.74) is 4.32. The molecule has 4 nitrogen and oxygen atoms in total. The molecule has 38 heavy (non-hydrogen) atoms. The number of esters is 2. The van der Waals surface area contributed by atoms with Gasteiger partial charge in [-0.15, -0.1) is 0 Å². The maximum atomic E-state index is 12.1. The van der Waals surface area contributed by atoms with E-state index >= 15 is 0 Å². The summed E-state index contributed by atoms with van der Waals surface area (Å²) in [6.07, 6.45) is 16.0. The van der Waals surface area contributed by atoms with Crippen LogP contribution >= 0.6 is 0 Å². The predicted molar refractivity (Wildman–Crippen MR) is 153 cm³/mol. The van der Waals surface area contributed by atoms with Crippen LogP contribution in [0.2, 0.25) is 0 Å². The fourth-order valence-electron chi connectivity index (χ4n) is 9.24. The molecule has 0 N–H and O–H groups in total. The molecule has 4 aliphatic carbocycles. The van der Waals surface area contributed by atoms with Crippen molar-refractivity contribution in [2.24, 2.45) is 39.4 Å². The molecule has 2 saturated carbocycles. The average Bonchev–Trinajstić information content (AvgIpc) is 3.12. The summed E-state index contributed by atoms with van der Waals surface area (Å²) in [4.78, 5) is 24.0. The summed E-state index contributed by atoms with van der Waals surface area (Å²) in [5, 5.41) is 0. The summed E-state index contributed by atoms with van der Waals surface area (Å²) in [6, 6.07) is 0. The minimum absolute atomic E-state index is 0.0325. The highest BCUT2D eigenvalue weighted by atomic mass is 16.5. The minimum Gasteiger partial charge on any atom is -0.465 e. The standard InChI is InChI=1S/C34H52O4/c1-22(2)11-10-12-23(3)26-15-19-33(9)28-13-14-29-31(6,7)30(38-25(5)36)17-18-32(29,8)27(28)16-20-34(26,33)21-37-24(4)35/h12-13,16,22,26,29-30H,10-11,14-15,17-21H2,1-9H3/b23-12+/t26-,29+,30?,32-,33+,34+/m1/s1. The van der Waals surface area contributed by atoms with E-state index in [-0.39, 0.29) is 39.7 Å². The van der Waals surface area contributed by atoms with E-state index < -0.39 is 0 Å². The van der Waals surface area contributed by atoms with E-state index in [9.17, 15) is 9.59 Å². The number of carbonyl (C=O) groups excluding carboxylic acids is 2. The Kier molecular flexibility index (Phi) is 7.89. The summed E-state index contributed by atoms with van der Waals surface area (Å²) in [5.74, 6) is 1.18. The zero-order valence-electron chi connectivity index (χ0n) is 25.5. The van der Waals surface area contributed by atoms with Gasteiger partial charge in [-0.25, -0.2) is 0 Å². The first-order chi connectivity index (χ1) is 17.7. The molecule has 4 heteroatoms. The molecule has 0 aromatic rings. The first-order valence-electron chi connectivity index (χ1n) is 15.1. The van der Waals surface area contributed by atoms with E-state index in [1.165, 1.54) is 30.1 Å². The third-order valence-corrected chi connectivity index (χ3v) is 11.5. The number of carbonyl (C=O) groups is 2. The van der Waals surface area contributed by atoms with Crippen LogP contribution in [0.25, 0.3) is 0 Å². The summed E-state index contributed by atoms with van der Waals surface area (Å²) >= 11 is 0. The van der Waals surface area contributed by atoms with Crippen LogP contribution in [0.15, 0.2) is 34.9 Å². The highest BCUT2D eigenvalue weighted by Gasteiger charge is 2.65. The molecule has 0 aromatic heterocycles. The van der Waals surface area contributed by atoms with Gasteiger partial charge in [-0.2, -0.15) is 0 Å². The number of allylic oxidation sites excluding steroid dienone is 6. The van der Waals surface area contributed by atoms with Crippen LogP contribution in [-0.2, 0) is 19.1 Å². The lowest BCUT2D eigenvalue weighted by Crippen LogP contribution is -2.56. The quantitative estimate of drug-likeness (QED) is 0.248. The molecule has 0 bridgehead atoms. The van der Waals surface area contributed by atoms with Crippen LogP contribution in [0.4, 0.5) is 0 Å². The molecule has 6 atom stereocenters. The number of hydrogen-bond donors (Lipinski definition) is 0. The molecular formula is C34H52O4. The van der Waals surface area contributed by atoms with E-state index in [1.807, 2.05) is 0 Å². The SMILES string of the molecule is CC(=O)OC[C@]12CC=C3C(=CC[C@H]4C(C)(C)C(OC(C)=O)CC[C@]34C)[C@]1(C)CC[C@@H]2/C(C)=C/CCC(C)C. The highest BCUT2D eigenvalue weighted by molar-refractivity contribution is 5.66. The lowest BCUT2D eigenvalue weighted by atomic mass is 9.44. The molecule has 0 amide bonds. The Morgan fingerprint density at radius 2 is 1.71 bits per heavy atom. The van der Waals surface area contributed by atoms with Crippen molar-refractivity contribution in [1.82, 2.24) is 0 Å². The van der Waals surface area contributed by atoms with Gasteiger partial charge in [-0.3, -0.25) is 9.59 Å². The Hall–Kier alpha value is -1.84.